The van der Waals surface area contributed by atoms with Crippen LogP contribution in [0.4, 0.5) is 0 Å². The maximum Gasteiger partial charge on any atom is 0.0584 e. The lowest BCUT2D eigenvalue weighted by molar-refractivity contribution is 0.232. The first-order valence-electron chi connectivity index (χ1n) is 3.57. The Kier molecular flexibility index (Phi) is 4.72. The van der Waals surface area contributed by atoms with E-state index in [1.54, 1.807) is 0 Å². The molecule has 0 aliphatic rings. The summed E-state index contributed by atoms with van der Waals surface area (Å²) in [5.41, 5.74) is 0. The van der Waals surface area contributed by atoms with Gasteiger partial charge in [-0.1, -0.05) is 20.8 Å². The summed E-state index contributed by atoms with van der Waals surface area (Å²) in [6.45, 7) is 6.47. The average molecular weight is 131 g/mol. The second-order valence-electron chi connectivity index (χ2n) is 2.61. The van der Waals surface area contributed by atoms with E-state index < -0.39 is 0 Å². The van der Waals surface area contributed by atoms with Gasteiger partial charge in [-0.2, -0.15) is 0 Å². The van der Waals surface area contributed by atoms with Crippen LogP contribution in [0.2, 0.25) is 0 Å². The van der Waals surface area contributed by atoms with Gasteiger partial charge in [-0.3, -0.25) is 0 Å². The molecule has 2 heteroatoms. The summed E-state index contributed by atoms with van der Waals surface area (Å²) < 4.78 is 0. The van der Waals surface area contributed by atoms with E-state index in [1.165, 1.54) is 0 Å². The van der Waals surface area contributed by atoms with Crippen LogP contribution in [0.15, 0.2) is 0 Å². The quantitative estimate of drug-likeness (QED) is 0.590. The van der Waals surface area contributed by atoms with E-state index in [0.717, 1.165) is 6.42 Å². The third kappa shape index (κ3) is 4.43. The molecule has 0 aliphatic heterocycles. The molecule has 0 unspecified atom stereocenters. The largest absolute Gasteiger partial charge is 0.395 e. The third-order valence-corrected chi connectivity index (χ3v) is 1.28. The van der Waals surface area contributed by atoms with Crippen molar-refractivity contribution in [2.24, 2.45) is 0 Å². The molecule has 0 spiro atoms. The van der Waals surface area contributed by atoms with Crippen molar-refractivity contribution >= 4 is 0 Å². The number of hydrogen-bond acceptors (Lipinski definition) is 2. The number of hydrogen-bond donors (Lipinski definition) is 2. The zero-order chi connectivity index (χ0) is 7.28. The minimum absolute atomic E-state index is 0.245. The van der Waals surface area contributed by atoms with Gasteiger partial charge in [0.1, 0.15) is 0 Å². The van der Waals surface area contributed by atoms with E-state index in [9.17, 15) is 0 Å². The molecule has 0 aromatic carbocycles. The Balaban J connectivity index is 3.31. The van der Waals surface area contributed by atoms with E-state index >= 15 is 0 Å². The van der Waals surface area contributed by atoms with Crippen molar-refractivity contribution in [3.63, 3.8) is 0 Å². The Bertz CT molecular complexity index is 59.9. The second kappa shape index (κ2) is 4.77. The highest BCUT2D eigenvalue weighted by atomic mass is 16.3. The first-order valence-corrected chi connectivity index (χ1v) is 3.57. The van der Waals surface area contributed by atoms with Crippen LogP contribution in [0.3, 0.4) is 0 Å². The lowest BCUT2D eigenvalue weighted by Crippen LogP contribution is -2.36. The van der Waals surface area contributed by atoms with Crippen LogP contribution in [-0.4, -0.2) is 23.8 Å². The lowest BCUT2D eigenvalue weighted by atomic mass is 10.2. The molecule has 0 aromatic rings. The van der Waals surface area contributed by atoms with Crippen molar-refractivity contribution < 1.29 is 5.11 Å². The normalized spacial score (nSPS) is 14.3. The van der Waals surface area contributed by atoms with Crippen LogP contribution in [-0.2, 0) is 0 Å². The Hall–Kier alpha value is -0.0800. The van der Waals surface area contributed by atoms with Gasteiger partial charge in [0.05, 0.1) is 6.61 Å². The van der Waals surface area contributed by atoms with E-state index in [1.807, 2.05) is 0 Å². The van der Waals surface area contributed by atoms with E-state index in [4.69, 9.17) is 5.11 Å². The Morgan fingerprint density at radius 1 is 1.44 bits per heavy atom. The lowest BCUT2D eigenvalue weighted by Gasteiger charge is -2.16. The number of nitrogens with one attached hydrogen (secondary N) is 1. The van der Waals surface area contributed by atoms with Crippen LogP contribution in [0.5, 0.6) is 0 Å². The predicted octanol–water partition coefficient (Wildman–Crippen LogP) is 0.755. The second-order valence-corrected chi connectivity index (χ2v) is 2.61. The van der Waals surface area contributed by atoms with Crippen LogP contribution in [0.1, 0.15) is 27.2 Å². The summed E-state index contributed by atoms with van der Waals surface area (Å²) in [6, 6.07) is 0.757. The first kappa shape index (κ1) is 8.92. The maximum absolute atomic E-state index is 8.71. The smallest absolute Gasteiger partial charge is 0.0584 e. The van der Waals surface area contributed by atoms with Crippen LogP contribution in [0, 0.1) is 0 Å². The van der Waals surface area contributed by atoms with Gasteiger partial charge in [0.15, 0.2) is 0 Å². The molecular weight excluding hydrogens is 114 g/mol. The molecule has 2 nitrogen and oxygen atoms in total. The summed E-state index contributed by atoms with van der Waals surface area (Å²) >= 11 is 0. The van der Waals surface area contributed by atoms with E-state index in [2.05, 4.69) is 26.1 Å². The van der Waals surface area contributed by atoms with Crippen molar-refractivity contribution in [2.75, 3.05) is 6.61 Å². The van der Waals surface area contributed by atoms with Gasteiger partial charge in [-0.15, -0.1) is 0 Å². The monoisotopic (exact) mass is 131 g/mol. The molecule has 0 radical (unpaired) electrons. The molecule has 0 saturated heterocycles. The van der Waals surface area contributed by atoms with Gasteiger partial charge in [-0.25, -0.2) is 0 Å². The molecule has 9 heavy (non-hydrogen) atoms. The van der Waals surface area contributed by atoms with Gasteiger partial charge in [0, 0.05) is 12.1 Å². The average Bonchev–Trinajstić information content (AvgIpc) is 1.82. The number of aliphatic hydroxyl groups excluding tert-OH is 1. The van der Waals surface area contributed by atoms with Crippen LogP contribution >= 0.6 is 0 Å². The van der Waals surface area contributed by atoms with Crippen molar-refractivity contribution in [1.29, 1.82) is 0 Å². The van der Waals surface area contributed by atoms with Gasteiger partial charge in [-0.05, 0) is 6.42 Å². The van der Waals surface area contributed by atoms with Gasteiger partial charge in [0.2, 0.25) is 0 Å². The van der Waals surface area contributed by atoms with Crippen molar-refractivity contribution in [1.82, 2.24) is 5.32 Å². The minimum Gasteiger partial charge on any atom is -0.395 e. The highest BCUT2D eigenvalue weighted by molar-refractivity contribution is 4.64. The molecule has 0 fully saturated rings. The fourth-order valence-electron chi connectivity index (χ4n) is 0.771. The van der Waals surface area contributed by atoms with Crippen molar-refractivity contribution in [3.8, 4) is 0 Å². The minimum atomic E-state index is 0.245. The Morgan fingerprint density at radius 2 is 2.00 bits per heavy atom. The predicted molar refractivity (Wildman–Crippen MR) is 39.4 cm³/mol. The Morgan fingerprint density at radius 3 is 2.11 bits per heavy atom. The molecule has 1 atom stereocenters. The molecular formula is C7H17NO. The van der Waals surface area contributed by atoms with Gasteiger partial charge < -0.3 is 10.4 Å². The summed E-state index contributed by atoms with van der Waals surface area (Å²) in [5.74, 6) is 0. The highest BCUT2D eigenvalue weighted by Gasteiger charge is 2.03. The molecule has 0 bridgehead atoms. The SMILES string of the molecule is CC[C@H](CO)NC(C)C. The fraction of sp³-hybridized carbons (Fsp3) is 1.00. The molecule has 0 aromatic heterocycles. The standard InChI is InChI=1S/C7H17NO/c1-4-7(5-9)8-6(2)3/h6-9H,4-5H2,1-3H3/t7-/m1/s1. The van der Waals surface area contributed by atoms with Crippen molar-refractivity contribution in [3.05, 3.63) is 0 Å². The highest BCUT2D eigenvalue weighted by Crippen LogP contribution is 1.90. The molecule has 0 amide bonds. The van der Waals surface area contributed by atoms with E-state index in [-0.39, 0.29) is 12.6 Å². The summed E-state index contributed by atoms with van der Waals surface area (Å²) in [4.78, 5) is 0. The first-order chi connectivity index (χ1) is 4.20. The zero-order valence-electron chi connectivity index (χ0n) is 6.52. The molecule has 2 N–H and O–H groups in total. The Labute approximate surface area is 57.3 Å². The molecule has 56 valence electrons. The van der Waals surface area contributed by atoms with E-state index in [0.29, 0.717) is 6.04 Å². The van der Waals surface area contributed by atoms with Crippen LogP contribution in [0.25, 0.3) is 0 Å². The third-order valence-electron chi connectivity index (χ3n) is 1.28. The van der Waals surface area contributed by atoms with Crippen molar-refractivity contribution in [2.45, 2.75) is 39.3 Å². The molecule has 0 aliphatic carbocycles. The topological polar surface area (TPSA) is 32.3 Å². The molecule has 0 heterocycles. The van der Waals surface area contributed by atoms with Crippen LogP contribution < -0.4 is 5.32 Å². The summed E-state index contributed by atoms with van der Waals surface area (Å²) in [7, 11) is 0. The van der Waals surface area contributed by atoms with Gasteiger partial charge in [0.25, 0.3) is 0 Å². The molecule has 0 saturated carbocycles. The van der Waals surface area contributed by atoms with Gasteiger partial charge >= 0.3 is 0 Å². The zero-order valence-corrected chi connectivity index (χ0v) is 6.52. The summed E-state index contributed by atoms with van der Waals surface area (Å²) in [6.07, 6.45) is 0.995. The number of aliphatic hydroxyl groups is 1. The fourth-order valence-corrected chi connectivity index (χ4v) is 0.771. The number of rotatable bonds is 4. The summed E-state index contributed by atoms with van der Waals surface area (Å²) in [5, 5.41) is 11.9. The maximum atomic E-state index is 8.71. The molecule has 0 rings (SSSR count).